The molecule has 2 rings (SSSR count). The van der Waals surface area contributed by atoms with Crippen LogP contribution in [0, 0.1) is 0 Å². The first-order chi connectivity index (χ1) is 9.65. The molecule has 1 N–H and O–H groups in total. The van der Waals surface area contributed by atoms with Gasteiger partial charge in [-0.15, -0.1) is 0 Å². The van der Waals surface area contributed by atoms with E-state index in [1.54, 1.807) is 0 Å². The Morgan fingerprint density at radius 1 is 1.60 bits per heavy atom. The summed E-state index contributed by atoms with van der Waals surface area (Å²) in [6.07, 6.45) is 5.26. The Labute approximate surface area is 121 Å². The topological polar surface area (TPSA) is 53.0 Å². The predicted molar refractivity (Wildman–Crippen MR) is 77.2 cm³/mol. The molecule has 0 radical (unpaired) electrons. The summed E-state index contributed by atoms with van der Waals surface area (Å²) in [5, 5.41) is 9.20. The van der Waals surface area contributed by atoms with Crippen molar-refractivity contribution in [1.29, 1.82) is 0 Å². The van der Waals surface area contributed by atoms with E-state index in [-0.39, 0.29) is 24.7 Å². The van der Waals surface area contributed by atoms with Gasteiger partial charge >= 0.3 is 0 Å². The van der Waals surface area contributed by atoms with Crippen LogP contribution in [0.25, 0.3) is 0 Å². The van der Waals surface area contributed by atoms with Crippen LogP contribution in [0.5, 0.6) is 0 Å². The maximum absolute atomic E-state index is 12.5. The molecular weight excluding hydrogens is 256 g/mol. The van der Waals surface area contributed by atoms with E-state index in [2.05, 4.69) is 17.9 Å². The van der Waals surface area contributed by atoms with Crippen LogP contribution in [-0.2, 0) is 9.53 Å². The summed E-state index contributed by atoms with van der Waals surface area (Å²) in [5.74, 6) is 0.158. The van der Waals surface area contributed by atoms with Crippen molar-refractivity contribution in [3.63, 3.8) is 0 Å². The second-order valence-corrected chi connectivity index (χ2v) is 5.64. The monoisotopic (exact) mass is 282 g/mol. The van der Waals surface area contributed by atoms with Crippen LogP contribution >= 0.6 is 0 Å². The van der Waals surface area contributed by atoms with Crippen molar-refractivity contribution in [2.45, 2.75) is 45.3 Å². The lowest BCUT2D eigenvalue weighted by Crippen LogP contribution is -2.52. The minimum atomic E-state index is -0.167. The van der Waals surface area contributed by atoms with Crippen molar-refractivity contribution in [2.75, 3.05) is 32.8 Å². The standard InChI is InChI=1S/C15H26N2O3/c1-3-17(13-6-4-5-7-13)15(19)9-16-8-14(10-18)20-11-12(16)2/h6,12,14,18H,3-5,7-11H2,1-2H3. The Bertz CT molecular complexity index is 370. The van der Waals surface area contributed by atoms with Gasteiger partial charge in [0.05, 0.1) is 25.9 Å². The van der Waals surface area contributed by atoms with Gasteiger partial charge in [0.15, 0.2) is 0 Å². The SMILES string of the molecule is CCN(C(=O)CN1CC(CO)OCC1C)C1=CCCC1. The first-order valence-electron chi connectivity index (χ1n) is 7.61. The zero-order valence-electron chi connectivity index (χ0n) is 12.5. The van der Waals surface area contributed by atoms with Gasteiger partial charge in [-0.25, -0.2) is 0 Å². The van der Waals surface area contributed by atoms with Crippen LogP contribution in [0.1, 0.15) is 33.1 Å². The van der Waals surface area contributed by atoms with E-state index in [1.807, 2.05) is 11.8 Å². The first kappa shape index (κ1) is 15.5. The number of hydrogen-bond acceptors (Lipinski definition) is 4. The van der Waals surface area contributed by atoms with Crippen molar-refractivity contribution < 1.29 is 14.6 Å². The van der Waals surface area contributed by atoms with Gasteiger partial charge < -0.3 is 14.7 Å². The second-order valence-electron chi connectivity index (χ2n) is 5.64. The van der Waals surface area contributed by atoms with E-state index < -0.39 is 0 Å². The van der Waals surface area contributed by atoms with Gasteiger partial charge in [0.2, 0.25) is 5.91 Å². The Balaban J connectivity index is 1.94. The third-order valence-corrected chi connectivity index (χ3v) is 4.16. The number of allylic oxidation sites excluding steroid dienone is 2. The Kier molecular flexibility index (Phi) is 5.57. The smallest absolute Gasteiger partial charge is 0.240 e. The molecule has 0 spiro atoms. The number of aliphatic hydroxyl groups is 1. The molecule has 0 aromatic heterocycles. The fourth-order valence-corrected chi connectivity index (χ4v) is 2.90. The fraction of sp³-hybridized carbons (Fsp3) is 0.800. The summed E-state index contributed by atoms with van der Waals surface area (Å²) in [6.45, 7) is 6.44. The maximum Gasteiger partial charge on any atom is 0.240 e. The number of likely N-dealkylation sites (N-methyl/N-ethyl adjacent to an activating group) is 1. The van der Waals surface area contributed by atoms with Crippen molar-refractivity contribution in [3.05, 3.63) is 11.8 Å². The third-order valence-electron chi connectivity index (χ3n) is 4.16. The van der Waals surface area contributed by atoms with Crippen LogP contribution < -0.4 is 0 Å². The van der Waals surface area contributed by atoms with E-state index in [0.29, 0.717) is 19.7 Å². The second kappa shape index (κ2) is 7.20. The van der Waals surface area contributed by atoms with Gasteiger partial charge in [0.25, 0.3) is 0 Å². The average molecular weight is 282 g/mol. The summed E-state index contributed by atoms with van der Waals surface area (Å²) in [7, 11) is 0. The van der Waals surface area contributed by atoms with Crippen molar-refractivity contribution >= 4 is 5.91 Å². The van der Waals surface area contributed by atoms with Crippen LogP contribution in [-0.4, -0.2) is 65.8 Å². The summed E-state index contributed by atoms with van der Waals surface area (Å²) >= 11 is 0. The van der Waals surface area contributed by atoms with Crippen molar-refractivity contribution in [1.82, 2.24) is 9.80 Å². The number of morpholine rings is 1. The summed E-state index contributed by atoms with van der Waals surface area (Å²) in [6, 6.07) is 0.220. The Morgan fingerprint density at radius 2 is 2.40 bits per heavy atom. The Hall–Kier alpha value is -0.910. The van der Waals surface area contributed by atoms with Gasteiger partial charge in [-0.2, -0.15) is 0 Å². The zero-order chi connectivity index (χ0) is 14.5. The molecule has 0 saturated carbocycles. The van der Waals surface area contributed by atoms with E-state index in [9.17, 15) is 9.90 Å². The van der Waals surface area contributed by atoms with Crippen LogP contribution in [0.15, 0.2) is 11.8 Å². The van der Waals surface area contributed by atoms with Gasteiger partial charge in [-0.1, -0.05) is 6.08 Å². The van der Waals surface area contributed by atoms with Gasteiger partial charge in [0, 0.05) is 24.8 Å². The number of nitrogens with zero attached hydrogens (tertiary/aromatic N) is 2. The quantitative estimate of drug-likeness (QED) is 0.817. The highest BCUT2D eigenvalue weighted by Crippen LogP contribution is 2.22. The minimum Gasteiger partial charge on any atom is -0.394 e. The lowest BCUT2D eigenvalue weighted by atomic mass is 10.2. The highest BCUT2D eigenvalue weighted by Gasteiger charge is 2.29. The molecule has 1 saturated heterocycles. The number of carbonyl (C=O) groups excluding carboxylic acids is 1. The maximum atomic E-state index is 12.5. The van der Waals surface area contributed by atoms with E-state index in [4.69, 9.17) is 4.74 Å². The number of ether oxygens (including phenoxy) is 1. The normalized spacial score (nSPS) is 27.4. The lowest BCUT2D eigenvalue weighted by molar-refractivity contribution is -0.135. The highest BCUT2D eigenvalue weighted by molar-refractivity contribution is 5.80. The predicted octanol–water partition coefficient (Wildman–Crippen LogP) is 0.984. The molecule has 2 unspecified atom stereocenters. The van der Waals surface area contributed by atoms with Crippen LogP contribution in [0.3, 0.4) is 0 Å². The van der Waals surface area contributed by atoms with E-state index in [0.717, 1.165) is 25.8 Å². The largest absolute Gasteiger partial charge is 0.394 e. The molecule has 5 heteroatoms. The molecular formula is C15H26N2O3. The van der Waals surface area contributed by atoms with Gasteiger partial charge in [0.1, 0.15) is 0 Å². The molecule has 0 aromatic carbocycles. The molecule has 1 aliphatic heterocycles. The molecule has 1 heterocycles. The Morgan fingerprint density at radius 3 is 3.00 bits per heavy atom. The first-order valence-corrected chi connectivity index (χ1v) is 7.61. The molecule has 2 aliphatic rings. The van der Waals surface area contributed by atoms with Crippen LogP contribution in [0.4, 0.5) is 0 Å². The molecule has 2 atom stereocenters. The van der Waals surface area contributed by atoms with Crippen LogP contribution in [0.2, 0.25) is 0 Å². The number of carbonyl (C=O) groups is 1. The summed E-state index contributed by atoms with van der Waals surface area (Å²) in [5.41, 5.74) is 1.18. The summed E-state index contributed by atoms with van der Waals surface area (Å²) < 4.78 is 5.51. The number of rotatable bonds is 5. The zero-order valence-corrected chi connectivity index (χ0v) is 12.5. The van der Waals surface area contributed by atoms with Crippen molar-refractivity contribution in [2.24, 2.45) is 0 Å². The van der Waals surface area contributed by atoms with Gasteiger partial charge in [-0.05, 0) is 33.1 Å². The molecule has 1 fully saturated rings. The molecule has 0 bridgehead atoms. The molecule has 0 aromatic rings. The summed E-state index contributed by atoms with van der Waals surface area (Å²) in [4.78, 5) is 16.5. The van der Waals surface area contributed by atoms with Crippen molar-refractivity contribution in [3.8, 4) is 0 Å². The van der Waals surface area contributed by atoms with Gasteiger partial charge in [-0.3, -0.25) is 9.69 Å². The fourth-order valence-electron chi connectivity index (χ4n) is 2.90. The minimum absolute atomic E-state index is 0.0139. The molecule has 1 amide bonds. The molecule has 20 heavy (non-hydrogen) atoms. The van der Waals surface area contributed by atoms with E-state index >= 15 is 0 Å². The third kappa shape index (κ3) is 3.59. The molecule has 5 nitrogen and oxygen atoms in total. The number of hydrogen-bond donors (Lipinski definition) is 1. The highest BCUT2D eigenvalue weighted by atomic mass is 16.5. The number of amides is 1. The molecule has 114 valence electrons. The average Bonchev–Trinajstić information content (AvgIpc) is 2.96. The van der Waals surface area contributed by atoms with E-state index in [1.165, 1.54) is 5.70 Å². The lowest BCUT2D eigenvalue weighted by Gasteiger charge is -2.38. The number of aliphatic hydroxyl groups excluding tert-OH is 1. The molecule has 1 aliphatic carbocycles.